The van der Waals surface area contributed by atoms with E-state index in [1.807, 2.05) is 23.9 Å². The van der Waals surface area contributed by atoms with E-state index in [-0.39, 0.29) is 0 Å². The van der Waals surface area contributed by atoms with Crippen molar-refractivity contribution >= 4 is 17.4 Å². The van der Waals surface area contributed by atoms with Crippen molar-refractivity contribution in [3.63, 3.8) is 0 Å². The zero-order valence-electron chi connectivity index (χ0n) is 8.42. The lowest BCUT2D eigenvalue weighted by Crippen LogP contribution is -2.10. The normalized spacial score (nSPS) is 21.4. The van der Waals surface area contributed by atoms with Crippen molar-refractivity contribution < 1.29 is 0 Å². The Morgan fingerprint density at radius 1 is 1.50 bits per heavy atom. The van der Waals surface area contributed by atoms with E-state index in [4.69, 9.17) is 5.73 Å². The van der Waals surface area contributed by atoms with Gasteiger partial charge in [0.25, 0.3) is 0 Å². The molecule has 1 aliphatic heterocycles. The molecule has 0 bridgehead atoms. The molecule has 1 aromatic carbocycles. The molecule has 0 spiro atoms. The number of hydrogen-bond acceptors (Lipinski definition) is 3. The highest BCUT2D eigenvalue weighted by Gasteiger charge is 2.16. The molecule has 2 rings (SSSR count). The first-order valence-corrected chi connectivity index (χ1v) is 5.88. The first-order chi connectivity index (χ1) is 6.77. The fourth-order valence-electron chi connectivity index (χ4n) is 1.67. The van der Waals surface area contributed by atoms with E-state index in [0.717, 1.165) is 24.0 Å². The van der Waals surface area contributed by atoms with E-state index in [0.29, 0.717) is 0 Å². The number of nitrogens with two attached hydrogens (primary N) is 1. The first-order valence-electron chi connectivity index (χ1n) is 5.00. The molecular formula is C11H16N2S. The molecule has 2 nitrogen and oxygen atoms in total. The number of thioether (sulfide) groups is 1. The fraction of sp³-hybridized carbons (Fsp3) is 0.455. The summed E-state index contributed by atoms with van der Waals surface area (Å²) >= 11 is 1.95. The number of anilines is 1. The molecule has 0 amide bonds. The Kier molecular flexibility index (Phi) is 2.99. The molecule has 1 atom stereocenters. The molecule has 3 heteroatoms. The third-order valence-electron chi connectivity index (χ3n) is 2.63. The second-order valence-electron chi connectivity index (χ2n) is 3.70. The lowest BCUT2D eigenvalue weighted by atomic mass is 10.2. The highest BCUT2D eigenvalue weighted by atomic mass is 32.2. The maximum atomic E-state index is 5.87. The molecule has 1 unspecified atom stereocenters. The van der Waals surface area contributed by atoms with Gasteiger partial charge in [0, 0.05) is 22.4 Å². The molecular weight excluding hydrogens is 192 g/mol. The summed E-state index contributed by atoms with van der Waals surface area (Å²) in [6.45, 7) is 4.37. The fourth-order valence-corrected chi connectivity index (χ4v) is 2.92. The zero-order valence-corrected chi connectivity index (χ0v) is 9.23. The van der Waals surface area contributed by atoms with Gasteiger partial charge in [-0.2, -0.15) is 0 Å². The molecule has 0 radical (unpaired) electrons. The van der Waals surface area contributed by atoms with Crippen LogP contribution in [0.15, 0.2) is 23.1 Å². The maximum absolute atomic E-state index is 5.87. The van der Waals surface area contributed by atoms with Crippen molar-refractivity contribution in [3.8, 4) is 0 Å². The van der Waals surface area contributed by atoms with Gasteiger partial charge in [0.15, 0.2) is 0 Å². The number of benzene rings is 1. The molecule has 0 aliphatic carbocycles. The Labute approximate surface area is 89.3 Å². The summed E-state index contributed by atoms with van der Waals surface area (Å²) in [4.78, 5) is 1.33. The van der Waals surface area contributed by atoms with E-state index < -0.39 is 0 Å². The van der Waals surface area contributed by atoms with Crippen LogP contribution in [-0.2, 0) is 0 Å². The van der Waals surface area contributed by atoms with E-state index >= 15 is 0 Å². The zero-order chi connectivity index (χ0) is 9.97. The highest BCUT2D eigenvalue weighted by Crippen LogP contribution is 2.31. The monoisotopic (exact) mass is 208 g/mol. The van der Waals surface area contributed by atoms with Crippen LogP contribution in [0, 0.1) is 6.92 Å². The molecule has 1 fully saturated rings. The van der Waals surface area contributed by atoms with Crippen LogP contribution in [0.4, 0.5) is 5.69 Å². The van der Waals surface area contributed by atoms with Gasteiger partial charge in [0.1, 0.15) is 0 Å². The van der Waals surface area contributed by atoms with Gasteiger partial charge < -0.3 is 11.1 Å². The smallest absolute Gasteiger partial charge is 0.0354 e. The summed E-state index contributed by atoms with van der Waals surface area (Å²) in [5.74, 6) is 0. The van der Waals surface area contributed by atoms with Gasteiger partial charge in [0.2, 0.25) is 0 Å². The number of nitrogen functional groups attached to an aromatic ring is 1. The largest absolute Gasteiger partial charge is 0.398 e. The summed E-state index contributed by atoms with van der Waals surface area (Å²) in [5.41, 5.74) is 8.00. The van der Waals surface area contributed by atoms with Gasteiger partial charge >= 0.3 is 0 Å². The van der Waals surface area contributed by atoms with Crippen LogP contribution in [0.2, 0.25) is 0 Å². The summed E-state index contributed by atoms with van der Waals surface area (Å²) in [5, 5.41) is 4.09. The topological polar surface area (TPSA) is 38.0 Å². The summed E-state index contributed by atoms with van der Waals surface area (Å²) in [6.07, 6.45) is 1.26. The van der Waals surface area contributed by atoms with Gasteiger partial charge in [-0.05, 0) is 37.6 Å². The lowest BCUT2D eigenvalue weighted by molar-refractivity contribution is 0.858. The van der Waals surface area contributed by atoms with Crippen molar-refractivity contribution in [1.29, 1.82) is 0 Å². The van der Waals surface area contributed by atoms with Gasteiger partial charge in [-0.1, -0.05) is 6.07 Å². The van der Waals surface area contributed by atoms with Crippen molar-refractivity contribution in [1.82, 2.24) is 5.32 Å². The van der Waals surface area contributed by atoms with E-state index in [2.05, 4.69) is 18.3 Å². The van der Waals surface area contributed by atoms with Crippen molar-refractivity contribution in [2.75, 3.05) is 18.8 Å². The third-order valence-corrected chi connectivity index (χ3v) is 4.07. The highest BCUT2D eigenvalue weighted by molar-refractivity contribution is 8.00. The lowest BCUT2D eigenvalue weighted by Gasteiger charge is -2.11. The van der Waals surface area contributed by atoms with Crippen molar-refractivity contribution in [3.05, 3.63) is 23.8 Å². The van der Waals surface area contributed by atoms with E-state index in [1.54, 1.807) is 0 Å². The van der Waals surface area contributed by atoms with Gasteiger partial charge in [-0.25, -0.2) is 0 Å². The maximum Gasteiger partial charge on any atom is 0.0354 e. The van der Waals surface area contributed by atoms with Gasteiger partial charge in [-0.15, -0.1) is 11.8 Å². The number of nitrogens with one attached hydrogen (secondary N) is 1. The van der Waals surface area contributed by atoms with Crippen LogP contribution in [0.5, 0.6) is 0 Å². The minimum atomic E-state index is 0.718. The molecule has 0 aromatic heterocycles. The second kappa shape index (κ2) is 4.24. The molecule has 76 valence electrons. The van der Waals surface area contributed by atoms with Crippen LogP contribution >= 0.6 is 11.8 Å². The van der Waals surface area contributed by atoms with E-state index in [1.165, 1.54) is 16.9 Å². The van der Waals surface area contributed by atoms with Crippen LogP contribution in [-0.4, -0.2) is 18.3 Å². The van der Waals surface area contributed by atoms with Crippen molar-refractivity contribution in [2.24, 2.45) is 0 Å². The van der Waals surface area contributed by atoms with Crippen LogP contribution in [0.1, 0.15) is 12.0 Å². The summed E-state index contributed by atoms with van der Waals surface area (Å²) in [7, 11) is 0. The molecule has 1 heterocycles. The minimum absolute atomic E-state index is 0.718. The van der Waals surface area contributed by atoms with E-state index in [9.17, 15) is 0 Å². The quantitative estimate of drug-likeness (QED) is 0.730. The molecule has 0 saturated carbocycles. The summed E-state index contributed by atoms with van der Waals surface area (Å²) < 4.78 is 0. The third kappa shape index (κ3) is 2.04. The molecule has 14 heavy (non-hydrogen) atoms. The Hall–Kier alpha value is -0.670. The second-order valence-corrected chi connectivity index (χ2v) is 5.05. The first kappa shape index (κ1) is 9.87. The number of hydrogen-bond donors (Lipinski definition) is 2. The van der Waals surface area contributed by atoms with Gasteiger partial charge in [0.05, 0.1) is 0 Å². The van der Waals surface area contributed by atoms with Crippen LogP contribution < -0.4 is 11.1 Å². The Balaban J connectivity index is 2.11. The minimum Gasteiger partial charge on any atom is -0.398 e. The average Bonchev–Trinajstić information content (AvgIpc) is 2.66. The van der Waals surface area contributed by atoms with Crippen molar-refractivity contribution in [2.45, 2.75) is 23.5 Å². The SMILES string of the molecule is Cc1c(N)cccc1SC1CCNC1. The van der Waals surface area contributed by atoms with Crippen LogP contribution in [0.25, 0.3) is 0 Å². The standard InChI is InChI=1S/C11H16N2S/c1-8-10(12)3-2-4-11(8)14-9-5-6-13-7-9/h2-4,9,13H,5-7,12H2,1H3. The van der Waals surface area contributed by atoms with Gasteiger partial charge in [-0.3, -0.25) is 0 Å². The molecule has 1 saturated heterocycles. The number of rotatable bonds is 2. The Bertz CT molecular complexity index is 319. The predicted molar refractivity (Wildman–Crippen MR) is 62.7 cm³/mol. The summed E-state index contributed by atoms with van der Waals surface area (Å²) in [6, 6.07) is 6.16. The molecule has 1 aromatic rings. The molecule has 3 N–H and O–H groups in total. The average molecular weight is 208 g/mol. The Morgan fingerprint density at radius 2 is 2.36 bits per heavy atom. The van der Waals surface area contributed by atoms with Crippen LogP contribution in [0.3, 0.4) is 0 Å². The Morgan fingerprint density at radius 3 is 3.07 bits per heavy atom. The predicted octanol–water partition coefficient (Wildman–Crippen LogP) is 2.03. The molecule has 1 aliphatic rings.